The largest absolute Gasteiger partial charge is 0.497 e. The predicted octanol–water partition coefficient (Wildman–Crippen LogP) is 5.09. The van der Waals surface area contributed by atoms with E-state index < -0.39 is 0 Å². The van der Waals surface area contributed by atoms with Crippen molar-refractivity contribution >= 4 is 46.5 Å². The van der Waals surface area contributed by atoms with Crippen LogP contribution >= 0.6 is 0 Å². The van der Waals surface area contributed by atoms with Crippen LogP contribution in [0, 0.1) is 0 Å². The van der Waals surface area contributed by atoms with Gasteiger partial charge >= 0.3 is 6.03 Å². The lowest BCUT2D eigenvalue weighted by Gasteiger charge is -2.36. The normalized spacial score (nSPS) is 15.0. The number of amides is 3. The number of benzene rings is 3. The predicted molar refractivity (Wildman–Crippen MR) is 180 cm³/mol. The third kappa shape index (κ3) is 6.81. The number of urea groups is 1. The molecule has 3 amide bonds. The minimum Gasteiger partial charge on any atom is -0.497 e. The van der Waals surface area contributed by atoms with Crippen LogP contribution in [0.2, 0.25) is 0 Å². The molecule has 6 rings (SSSR count). The van der Waals surface area contributed by atoms with Crippen molar-refractivity contribution in [2.24, 2.45) is 0 Å². The number of hydrogen-bond donors (Lipinski definition) is 2. The molecule has 238 valence electrons. The molecule has 46 heavy (non-hydrogen) atoms. The van der Waals surface area contributed by atoms with Gasteiger partial charge in [0.15, 0.2) is 0 Å². The molecular weight excluding hydrogens is 584 g/mol. The second kappa shape index (κ2) is 13.3. The molecule has 12 heteroatoms. The maximum atomic E-state index is 14.2. The molecule has 0 aliphatic carbocycles. The number of likely N-dealkylation sites (N-methyl/N-ethyl adjacent to an activating group) is 1. The number of anilines is 6. The van der Waals surface area contributed by atoms with Gasteiger partial charge in [0.1, 0.15) is 17.3 Å². The fraction of sp³-hybridized carbons (Fsp3) is 0.294. The minimum atomic E-state index is -0.255. The number of nitrogens with one attached hydrogen (secondary N) is 2. The lowest BCUT2D eigenvalue weighted by Crippen LogP contribution is -2.47. The number of aromatic nitrogens is 2. The monoisotopic (exact) mass is 622 g/mol. The molecule has 0 bridgehead atoms. The molecule has 2 aliphatic rings. The summed E-state index contributed by atoms with van der Waals surface area (Å²) < 4.78 is 10.9. The summed E-state index contributed by atoms with van der Waals surface area (Å²) in [5, 5.41) is 6.10. The van der Waals surface area contributed by atoms with Crippen molar-refractivity contribution in [3.05, 3.63) is 84.1 Å². The highest BCUT2D eigenvalue weighted by molar-refractivity contribution is 6.05. The highest BCUT2D eigenvalue weighted by atomic mass is 16.5. The standard InChI is InChI=1S/C34H38N8O4/c1-23(43)36-26-7-5-24(6-8-26)21-42-32-25(22-41(34(42)44)29-17-30(45-3)19-31(18-29)46-4)20-35-33(38-32)37-27-9-11-28(12-10-27)40-15-13-39(2)14-16-40/h5-12,17-20H,13-16,21-22H2,1-4H3,(H,36,43)(H,35,37,38). The van der Waals surface area contributed by atoms with Gasteiger partial charge in [-0.3, -0.25) is 14.6 Å². The smallest absolute Gasteiger partial charge is 0.330 e. The highest BCUT2D eigenvalue weighted by Crippen LogP contribution is 2.36. The molecule has 0 radical (unpaired) electrons. The first-order chi connectivity index (χ1) is 22.3. The van der Waals surface area contributed by atoms with Gasteiger partial charge in [-0.05, 0) is 49.0 Å². The molecule has 1 aromatic heterocycles. The molecule has 3 aromatic carbocycles. The quantitative estimate of drug-likeness (QED) is 0.263. The Kier molecular flexibility index (Phi) is 8.88. The third-order valence-corrected chi connectivity index (χ3v) is 8.14. The van der Waals surface area contributed by atoms with Crippen molar-refractivity contribution in [1.29, 1.82) is 0 Å². The van der Waals surface area contributed by atoms with Crippen LogP contribution in [-0.4, -0.2) is 74.3 Å². The summed E-state index contributed by atoms with van der Waals surface area (Å²) in [6, 6.07) is 20.8. The van der Waals surface area contributed by atoms with E-state index in [2.05, 4.69) is 44.6 Å². The number of fused-ring (bicyclic) bond motifs is 1. The van der Waals surface area contributed by atoms with E-state index in [9.17, 15) is 9.59 Å². The number of carbonyl (C=O) groups is 2. The lowest BCUT2D eigenvalue weighted by atomic mass is 10.1. The van der Waals surface area contributed by atoms with E-state index >= 15 is 0 Å². The Labute approximate surface area is 268 Å². The van der Waals surface area contributed by atoms with Gasteiger partial charge in [0.2, 0.25) is 11.9 Å². The highest BCUT2D eigenvalue weighted by Gasteiger charge is 2.34. The van der Waals surface area contributed by atoms with Gasteiger partial charge in [-0.15, -0.1) is 0 Å². The summed E-state index contributed by atoms with van der Waals surface area (Å²) in [5.74, 6) is 1.91. The van der Waals surface area contributed by atoms with E-state index in [1.807, 2.05) is 36.4 Å². The van der Waals surface area contributed by atoms with Gasteiger partial charge in [0.25, 0.3) is 0 Å². The molecule has 1 saturated heterocycles. The van der Waals surface area contributed by atoms with Crippen molar-refractivity contribution in [3.63, 3.8) is 0 Å². The van der Waals surface area contributed by atoms with Gasteiger partial charge in [-0.25, -0.2) is 9.78 Å². The Hall–Kier alpha value is -5.36. The first-order valence-electron chi connectivity index (χ1n) is 15.1. The topological polar surface area (TPSA) is 115 Å². The lowest BCUT2D eigenvalue weighted by molar-refractivity contribution is -0.114. The van der Waals surface area contributed by atoms with E-state index in [4.69, 9.17) is 14.5 Å². The van der Waals surface area contributed by atoms with Crippen LogP contribution in [0.5, 0.6) is 11.5 Å². The number of rotatable bonds is 9. The molecule has 1 fully saturated rings. The molecule has 4 aromatic rings. The zero-order chi connectivity index (χ0) is 32.2. The van der Waals surface area contributed by atoms with Crippen LogP contribution in [0.25, 0.3) is 0 Å². The summed E-state index contributed by atoms with van der Waals surface area (Å²) in [6.45, 7) is 6.06. The van der Waals surface area contributed by atoms with Crippen molar-refractivity contribution in [1.82, 2.24) is 14.9 Å². The summed E-state index contributed by atoms with van der Waals surface area (Å²) in [6.07, 6.45) is 1.76. The van der Waals surface area contributed by atoms with Gasteiger partial charge in [-0.2, -0.15) is 4.98 Å². The van der Waals surface area contributed by atoms with E-state index in [1.165, 1.54) is 12.6 Å². The summed E-state index contributed by atoms with van der Waals surface area (Å²) in [5.41, 5.74) is 4.99. The fourth-order valence-electron chi connectivity index (χ4n) is 5.60. The molecule has 0 saturated carbocycles. The summed E-state index contributed by atoms with van der Waals surface area (Å²) >= 11 is 0. The van der Waals surface area contributed by atoms with Gasteiger partial charge in [-0.1, -0.05) is 12.1 Å². The molecule has 2 aliphatic heterocycles. The second-order valence-corrected chi connectivity index (χ2v) is 11.4. The van der Waals surface area contributed by atoms with Crippen molar-refractivity contribution in [3.8, 4) is 11.5 Å². The van der Waals surface area contributed by atoms with Gasteiger partial charge in [0.05, 0.1) is 33.0 Å². The number of ether oxygens (including phenoxy) is 2. The zero-order valence-corrected chi connectivity index (χ0v) is 26.5. The minimum absolute atomic E-state index is 0.150. The SMILES string of the molecule is COc1cc(OC)cc(N2Cc3cnc(Nc4ccc(N5CCN(C)CC5)cc4)nc3N(Cc3ccc(NC(C)=O)cc3)C2=O)c1. The van der Waals surface area contributed by atoms with E-state index in [0.717, 1.165) is 43.0 Å². The molecule has 0 unspecified atom stereocenters. The van der Waals surface area contributed by atoms with Gasteiger partial charge < -0.3 is 29.9 Å². The van der Waals surface area contributed by atoms with E-state index in [0.29, 0.717) is 34.6 Å². The summed E-state index contributed by atoms with van der Waals surface area (Å²) in [4.78, 5) is 43.2. The first kappa shape index (κ1) is 30.7. The van der Waals surface area contributed by atoms with Crippen molar-refractivity contribution in [2.75, 3.05) is 72.8 Å². The van der Waals surface area contributed by atoms with Crippen molar-refractivity contribution in [2.45, 2.75) is 20.0 Å². The number of nitrogens with zero attached hydrogens (tertiary/aromatic N) is 6. The number of piperazine rings is 1. The number of hydrogen-bond acceptors (Lipinski definition) is 9. The van der Waals surface area contributed by atoms with Crippen LogP contribution in [0.4, 0.5) is 39.3 Å². The van der Waals surface area contributed by atoms with Crippen molar-refractivity contribution < 1.29 is 19.1 Å². The Morgan fingerprint density at radius 2 is 1.52 bits per heavy atom. The molecule has 0 spiro atoms. The van der Waals surface area contributed by atoms with Crippen LogP contribution in [-0.2, 0) is 17.9 Å². The van der Waals surface area contributed by atoms with Crippen LogP contribution in [0.1, 0.15) is 18.1 Å². The zero-order valence-electron chi connectivity index (χ0n) is 26.5. The molecule has 2 N–H and O–H groups in total. The second-order valence-electron chi connectivity index (χ2n) is 11.4. The number of methoxy groups -OCH3 is 2. The summed E-state index contributed by atoms with van der Waals surface area (Å²) in [7, 11) is 5.30. The van der Waals surface area contributed by atoms with Crippen LogP contribution in [0.15, 0.2) is 72.9 Å². The molecule has 12 nitrogen and oxygen atoms in total. The molecule has 3 heterocycles. The maximum absolute atomic E-state index is 14.2. The van der Waals surface area contributed by atoms with Crippen LogP contribution < -0.4 is 34.8 Å². The van der Waals surface area contributed by atoms with E-state index in [1.54, 1.807) is 48.4 Å². The number of carbonyl (C=O) groups excluding carboxylic acids is 2. The Balaban J connectivity index is 1.29. The van der Waals surface area contributed by atoms with Crippen LogP contribution in [0.3, 0.4) is 0 Å². The Morgan fingerprint density at radius 1 is 0.870 bits per heavy atom. The average Bonchev–Trinajstić information content (AvgIpc) is 3.07. The third-order valence-electron chi connectivity index (χ3n) is 8.14. The average molecular weight is 623 g/mol. The molecule has 0 atom stereocenters. The Bertz CT molecular complexity index is 1680. The van der Waals surface area contributed by atoms with Gasteiger partial charge in [0, 0.05) is 80.1 Å². The Morgan fingerprint density at radius 3 is 2.15 bits per heavy atom. The molecular formula is C34H38N8O4. The fourth-order valence-corrected chi connectivity index (χ4v) is 5.60. The van der Waals surface area contributed by atoms with E-state index in [-0.39, 0.29) is 25.0 Å². The first-order valence-corrected chi connectivity index (χ1v) is 15.1. The maximum Gasteiger partial charge on any atom is 0.330 e.